The van der Waals surface area contributed by atoms with Gasteiger partial charge in [0.05, 0.1) is 18.4 Å². The molecule has 0 unspecified atom stereocenters. The van der Waals surface area contributed by atoms with Crippen molar-refractivity contribution in [3.8, 4) is 5.69 Å². The molecule has 0 saturated heterocycles. The minimum atomic E-state index is -0.177. The normalized spacial score (nSPS) is 10.5. The third-order valence-corrected chi connectivity index (χ3v) is 4.12. The van der Waals surface area contributed by atoms with Crippen molar-refractivity contribution in [2.24, 2.45) is 0 Å². The SMILES string of the molecule is O=C(CCC(=O)c1ccccc1)NCc1cn(-c2ccsc2)nn1. The molecule has 6 nitrogen and oxygen atoms in total. The van der Waals surface area contributed by atoms with E-state index < -0.39 is 0 Å². The smallest absolute Gasteiger partial charge is 0.220 e. The number of Topliss-reactive ketones (excluding diaryl/α,β-unsaturated/α-hetero) is 1. The summed E-state index contributed by atoms with van der Waals surface area (Å²) in [6.45, 7) is 0.294. The van der Waals surface area contributed by atoms with E-state index in [0.29, 0.717) is 17.8 Å². The van der Waals surface area contributed by atoms with Gasteiger partial charge in [-0.05, 0) is 11.4 Å². The lowest BCUT2D eigenvalue weighted by Gasteiger charge is -2.03. The molecule has 1 amide bonds. The maximum absolute atomic E-state index is 12.0. The largest absolute Gasteiger partial charge is 0.350 e. The summed E-state index contributed by atoms with van der Waals surface area (Å²) < 4.78 is 1.66. The summed E-state index contributed by atoms with van der Waals surface area (Å²) in [4.78, 5) is 23.8. The Morgan fingerprint density at radius 2 is 1.96 bits per heavy atom. The highest BCUT2D eigenvalue weighted by Crippen LogP contribution is 2.11. The van der Waals surface area contributed by atoms with Gasteiger partial charge in [-0.3, -0.25) is 9.59 Å². The Hall–Kier alpha value is -2.80. The molecule has 122 valence electrons. The molecule has 0 radical (unpaired) electrons. The van der Waals surface area contributed by atoms with E-state index in [0.717, 1.165) is 5.69 Å². The van der Waals surface area contributed by atoms with Gasteiger partial charge in [0.1, 0.15) is 5.69 Å². The highest BCUT2D eigenvalue weighted by atomic mass is 32.1. The quantitative estimate of drug-likeness (QED) is 0.671. The van der Waals surface area contributed by atoms with Gasteiger partial charge in [-0.15, -0.1) is 5.10 Å². The summed E-state index contributed by atoms with van der Waals surface area (Å²) in [5.74, 6) is -0.210. The Kier molecular flexibility index (Phi) is 5.12. The number of carbonyl (C=O) groups excluding carboxylic acids is 2. The van der Waals surface area contributed by atoms with Gasteiger partial charge in [-0.1, -0.05) is 35.5 Å². The van der Waals surface area contributed by atoms with Crippen LogP contribution in [0.1, 0.15) is 28.9 Å². The fourth-order valence-corrected chi connectivity index (χ4v) is 2.79. The van der Waals surface area contributed by atoms with Crippen LogP contribution in [0.15, 0.2) is 53.4 Å². The topological polar surface area (TPSA) is 76.9 Å². The van der Waals surface area contributed by atoms with Crippen LogP contribution in [0, 0.1) is 0 Å². The summed E-state index contributed by atoms with van der Waals surface area (Å²) in [6, 6.07) is 10.9. The number of nitrogens with zero attached hydrogens (tertiary/aromatic N) is 3. The number of aromatic nitrogens is 3. The van der Waals surface area contributed by atoms with Crippen LogP contribution in [0.4, 0.5) is 0 Å². The molecule has 0 atom stereocenters. The van der Waals surface area contributed by atoms with Crippen molar-refractivity contribution in [2.75, 3.05) is 0 Å². The van der Waals surface area contributed by atoms with Crippen LogP contribution in [-0.4, -0.2) is 26.7 Å². The van der Waals surface area contributed by atoms with E-state index in [4.69, 9.17) is 0 Å². The van der Waals surface area contributed by atoms with Crippen molar-refractivity contribution >= 4 is 23.0 Å². The number of thiophene rings is 1. The highest BCUT2D eigenvalue weighted by molar-refractivity contribution is 7.08. The molecule has 3 rings (SSSR count). The fourth-order valence-electron chi connectivity index (χ4n) is 2.17. The van der Waals surface area contributed by atoms with E-state index in [9.17, 15) is 9.59 Å². The molecule has 0 saturated carbocycles. The van der Waals surface area contributed by atoms with Gasteiger partial charge < -0.3 is 5.32 Å². The third kappa shape index (κ3) is 4.14. The van der Waals surface area contributed by atoms with Crippen LogP contribution >= 0.6 is 11.3 Å². The van der Waals surface area contributed by atoms with Gasteiger partial charge in [0.2, 0.25) is 5.91 Å². The molecule has 0 bridgehead atoms. The van der Waals surface area contributed by atoms with Crippen LogP contribution in [0.5, 0.6) is 0 Å². The first-order valence-corrected chi connectivity index (χ1v) is 8.45. The first kappa shape index (κ1) is 16.1. The zero-order valence-electron chi connectivity index (χ0n) is 12.9. The monoisotopic (exact) mass is 340 g/mol. The molecular weight excluding hydrogens is 324 g/mol. The van der Waals surface area contributed by atoms with Crippen molar-refractivity contribution in [1.29, 1.82) is 0 Å². The predicted octanol–water partition coefficient (Wildman–Crippen LogP) is 2.61. The van der Waals surface area contributed by atoms with Gasteiger partial charge in [-0.25, -0.2) is 4.68 Å². The minimum absolute atomic E-state index is 0.0332. The number of nitrogens with one attached hydrogen (secondary N) is 1. The first-order chi connectivity index (χ1) is 11.7. The maximum Gasteiger partial charge on any atom is 0.220 e. The van der Waals surface area contributed by atoms with E-state index in [1.54, 1.807) is 34.3 Å². The number of hydrogen-bond donors (Lipinski definition) is 1. The summed E-state index contributed by atoms with van der Waals surface area (Å²) in [5.41, 5.74) is 2.24. The second-order valence-electron chi connectivity index (χ2n) is 5.20. The molecule has 0 fully saturated rings. The summed E-state index contributed by atoms with van der Waals surface area (Å²) in [7, 11) is 0. The lowest BCUT2D eigenvalue weighted by Crippen LogP contribution is -2.23. The number of ketones is 1. The zero-order chi connectivity index (χ0) is 16.8. The number of rotatable bonds is 7. The average molecular weight is 340 g/mol. The number of benzene rings is 1. The number of carbonyl (C=O) groups is 2. The van der Waals surface area contributed by atoms with Gasteiger partial charge in [0, 0.05) is 23.8 Å². The van der Waals surface area contributed by atoms with E-state index in [-0.39, 0.29) is 24.5 Å². The minimum Gasteiger partial charge on any atom is -0.350 e. The lowest BCUT2D eigenvalue weighted by molar-refractivity contribution is -0.121. The van der Waals surface area contributed by atoms with Crippen LogP contribution in [0.2, 0.25) is 0 Å². The Morgan fingerprint density at radius 1 is 1.12 bits per heavy atom. The lowest BCUT2D eigenvalue weighted by atomic mass is 10.1. The van der Waals surface area contributed by atoms with Gasteiger partial charge in [-0.2, -0.15) is 11.3 Å². The summed E-state index contributed by atoms with van der Waals surface area (Å²) in [6.07, 6.45) is 2.13. The summed E-state index contributed by atoms with van der Waals surface area (Å²) >= 11 is 1.58. The highest BCUT2D eigenvalue weighted by Gasteiger charge is 2.10. The van der Waals surface area contributed by atoms with Crippen molar-refractivity contribution in [3.63, 3.8) is 0 Å². The Morgan fingerprint density at radius 3 is 2.71 bits per heavy atom. The van der Waals surface area contributed by atoms with Crippen molar-refractivity contribution < 1.29 is 9.59 Å². The van der Waals surface area contributed by atoms with E-state index >= 15 is 0 Å². The third-order valence-electron chi connectivity index (χ3n) is 3.45. The van der Waals surface area contributed by atoms with Gasteiger partial charge in [0.15, 0.2) is 5.78 Å². The fraction of sp³-hybridized carbons (Fsp3) is 0.176. The Balaban J connectivity index is 1.45. The molecule has 3 aromatic rings. The molecule has 24 heavy (non-hydrogen) atoms. The Labute approximate surface area is 143 Å². The van der Waals surface area contributed by atoms with Gasteiger partial charge in [0.25, 0.3) is 0 Å². The van der Waals surface area contributed by atoms with Crippen molar-refractivity contribution in [2.45, 2.75) is 19.4 Å². The maximum atomic E-state index is 12.0. The number of hydrogen-bond acceptors (Lipinski definition) is 5. The molecule has 2 heterocycles. The second-order valence-corrected chi connectivity index (χ2v) is 5.98. The first-order valence-electron chi connectivity index (χ1n) is 7.51. The van der Waals surface area contributed by atoms with Crippen molar-refractivity contribution in [3.05, 3.63) is 64.6 Å². The van der Waals surface area contributed by atoms with Crippen LogP contribution in [0.25, 0.3) is 5.69 Å². The molecule has 1 aromatic carbocycles. The molecule has 7 heteroatoms. The summed E-state index contributed by atoms with van der Waals surface area (Å²) in [5, 5.41) is 14.7. The average Bonchev–Trinajstić information content (AvgIpc) is 3.29. The molecule has 0 aliphatic carbocycles. The zero-order valence-corrected chi connectivity index (χ0v) is 13.7. The van der Waals surface area contributed by atoms with E-state index in [2.05, 4.69) is 15.6 Å². The van der Waals surface area contributed by atoms with Crippen LogP contribution < -0.4 is 5.32 Å². The molecular formula is C17H16N4O2S. The van der Waals surface area contributed by atoms with Crippen molar-refractivity contribution in [1.82, 2.24) is 20.3 Å². The second kappa shape index (κ2) is 7.65. The van der Waals surface area contributed by atoms with E-state index in [1.165, 1.54) is 0 Å². The molecule has 1 N–H and O–H groups in total. The van der Waals surface area contributed by atoms with Crippen LogP contribution in [0.3, 0.4) is 0 Å². The standard InChI is InChI=1S/C17H16N4O2S/c22-16(13-4-2-1-3-5-13)6-7-17(23)18-10-14-11-21(20-19-14)15-8-9-24-12-15/h1-5,8-9,11-12H,6-7,10H2,(H,18,23). The molecule has 0 spiro atoms. The molecule has 0 aliphatic rings. The van der Waals surface area contributed by atoms with Gasteiger partial charge >= 0.3 is 0 Å². The molecule has 2 aromatic heterocycles. The molecule has 0 aliphatic heterocycles. The van der Waals surface area contributed by atoms with E-state index in [1.807, 2.05) is 35.0 Å². The Bertz CT molecular complexity index is 812. The predicted molar refractivity (Wildman–Crippen MR) is 91.1 cm³/mol. The van der Waals surface area contributed by atoms with Crippen LogP contribution in [-0.2, 0) is 11.3 Å². The number of amides is 1.